The highest BCUT2D eigenvalue weighted by Gasteiger charge is 2.27. The molecule has 1 rings (SSSR count). The third kappa shape index (κ3) is 6.73. The van der Waals surface area contributed by atoms with Gasteiger partial charge in [-0.1, -0.05) is 18.2 Å². The number of hydrogen-bond donors (Lipinski definition) is 2. The van der Waals surface area contributed by atoms with E-state index in [0.29, 0.717) is 0 Å². The van der Waals surface area contributed by atoms with Crippen LogP contribution in [-0.4, -0.2) is 42.4 Å². The number of nitrogens with one attached hydrogen (secondary N) is 2. The molecule has 1 aromatic carbocycles. The van der Waals surface area contributed by atoms with Crippen molar-refractivity contribution in [3.05, 3.63) is 30.3 Å². The van der Waals surface area contributed by atoms with Crippen molar-refractivity contribution in [2.45, 2.75) is 19.0 Å². The Morgan fingerprint density at radius 1 is 1.00 bits per heavy atom. The van der Waals surface area contributed by atoms with Crippen molar-refractivity contribution in [3.63, 3.8) is 0 Å². The monoisotopic (exact) mass is 282 g/mol. The van der Waals surface area contributed by atoms with Crippen LogP contribution < -0.4 is 10.6 Å². The number of hydrogen-bond acceptors (Lipinski definition) is 4. The molecule has 0 saturated carbocycles. The number of rotatable bonds is 10. The first-order valence-corrected chi connectivity index (χ1v) is 9.32. The Morgan fingerprint density at radius 3 is 2.32 bits per heavy atom. The van der Waals surface area contributed by atoms with Crippen LogP contribution in [0.5, 0.6) is 0 Å². The van der Waals surface area contributed by atoms with Gasteiger partial charge in [0.15, 0.2) is 0 Å². The largest absolute Gasteiger partial charge is 0.398 e. The highest BCUT2D eigenvalue weighted by molar-refractivity contribution is 6.65. The van der Waals surface area contributed by atoms with Crippen molar-refractivity contribution < 1.29 is 8.85 Å². The molecular weight excluding hydrogens is 256 g/mol. The molecule has 0 unspecified atom stereocenters. The highest BCUT2D eigenvalue weighted by Crippen LogP contribution is 2.12. The Balaban J connectivity index is 2.00. The molecule has 0 aliphatic heterocycles. The molecule has 0 aliphatic carbocycles. The maximum absolute atomic E-state index is 5.45. The van der Waals surface area contributed by atoms with E-state index in [-0.39, 0.29) is 0 Å². The van der Waals surface area contributed by atoms with Gasteiger partial charge in [-0.25, -0.2) is 0 Å². The van der Waals surface area contributed by atoms with Crippen LogP contribution >= 0.6 is 0 Å². The molecule has 2 N–H and O–H groups in total. The van der Waals surface area contributed by atoms with Gasteiger partial charge in [-0.05, 0) is 37.7 Å². The second-order valence-electron chi connectivity index (χ2n) is 4.69. The summed E-state index contributed by atoms with van der Waals surface area (Å²) in [5.74, 6) is 0. The van der Waals surface area contributed by atoms with Crippen molar-refractivity contribution in [3.8, 4) is 0 Å². The minimum absolute atomic E-state index is 0.938. The first kappa shape index (κ1) is 16.2. The van der Waals surface area contributed by atoms with E-state index in [1.807, 2.05) is 18.2 Å². The quantitative estimate of drug-likeness (QED) is 0.511. The maximum atomic E-state index is 5.45. The second-order valence-corrected chi connectivity index (χ2v) is 8.27. The lowest BCUT2D eigenvalue weighted by atomic mass is 10.3. The molecule has 0 fully saturated rings. The van der Waals surface area contributed by atoms with E-state index < -0.39 is 8.56 Å². The lowest BCUT2D eigenvalue weighted by Crippen LogP contribution is -2.36. The molecule has 0 radical (unpaired) electrons. The summed E-state index contributed by atoms with van der Waals surface area (Å²) in [6.07, 6.45) is 1.09. The van der Waals surface area contributed by atoms with E-state index >= 15 is 0 Å². The van der Waals surface area contributed by atoms with Gasteiger partial charge in [-0.2, -0.15) is 0 Å². The van der Waals surface area contributed by atoms with Gasteiger partial charge in [0.25, 0.3) is 0 Å². The van der Waals surface area contributed by atoms with Gasteiger partial charge in [0.05, 0.1) is 0 Å². The average Bonchev–Trinajstić information content (AvgIpc) is 2.47. The topological polar surface area (TPSA) is 42.5 Å². The standard InChI is InChI=1S/C14H26N2O2Si/c1-17-19(3,18-2)13-7-10-15-11-12-16-14-8-5-4-6-9-14/h4-6,8-9,15-16H,7,10-13H2,1-3H3. The lowest BCUT2D eigenvalue weighted by molar-refractivity contribution is 0.248. The molecule has 0 bridgehead atoms. The SMILES string of the molecule is CO[Si](C)(CCCNCCNc1ccccc1)OC. The van der Waals surface area contributed by atoms with Crippen LogP contribution in [0.4, 0.5) is 5.69 Å². The van der Waals surface area contributed by atoms with E-state index in [1.54, 1.807) is 14.2 Å². The summed E-state index contributed by atoms with van der Waals surface area (Å²) in [4.78, 5) is 0. The molecule has 0 amide bonds. The molecule has 1 aromatic rings. The zero-order valence-corrected chi connectivity index (χ0v) is 13.2. The summed E-state index contributed by atoms with van der Waals surface area (Å²) < 4.78 is 10.9. The molecule has 0 aliphatic rings. The van der Waals surface area contributed by atoms with Crippen LogP contribution in [0.1, 0.15) is 6.42 Å². The van der Waals surface area contributed by atoms with Gasteiger partial charge in [0.1, 0.15) is 0 Å². The summed E-state index contributed by atoms with van der Waals surface area (Å²) in [5, 5.41) is 6.80. The van der Waals surface area contributed by atoms with Gasteiger partial charge in [0.2, 0.25) is 0 Å². The normalized spacial score (nSPS) is 11.5. The molecular formula is C14H26N2O2Si. The summed E-state index contributed by atoms with van der Waals surface area (Å²) in [6.45, 7) is 5.01. The molecule has 5 heteroatoms. The zero-order valence-electron chi connectivity index (χ0n) is 12.2. The Bertz CT molecular complexity index is 331. The summed E-state index contributed by atoms with van der Waals surface area (Å²) in [6, 6.07) is 11.3. The van der Waals surface area contributed by atoms with Crippen LogP contribution in [-0.2, 0) is 8.85 Å². The van der Waals surface area contributed by atoms with Crippen molar-refractivity contribution in [2.75, 3.05) is 39.2 Å². The van der Waals surface area contributed by atoms with Crippen LogP contribution in [0, 0.1) is 0 Å². The first-order valence-electron chi connectivity index (χ1n) is 6.80. The molecule has 0 saturated heterocycles. The van der Waals surface area contributed by atoms with Crippen LogP contribution in [0.15, 0.2) is 30.3 Å². The fraction of sp³-hybridized carbons (Fsp3) is 0.571. The summed E-state index contributed by atoms with van der Waals surface area (Å²) in [7, 11) is 1.61. The molecule has 0 aromatic heterocycles. The molecule has 0 atom stereocenters. The molecule has 108 valence electrons. The first-order chi connectivity index (χ1) is 9.20. The van der Waals surface area contributed by atoms with Gasteiger partial charge in [0, 0.05) is 33.0 Å². The van der Waals surface area contributed by atoms with E-state index in [0.717, 1.165) is 32.1 Å². The number of para-hydroxylation sites is 1. The van der Waals surface area contributed by atoms with Gasteiger partial charge >= 0.3 is 8.56 Å². The Labute approximate surface area is 117 Å². The van der Waals surface area contributed by atoms with Crippen LogP contribution in [0.3, 0.4) is 0 Å². The van der Waals surface area contributed by atoms with E-state index in [1.165, 1.54) is 5.69 Å². The summed E-state index contributed by atoms with van der Waals surface area (Å²) in [5.41, 5.74) is 1.17. The molecule has 0 heterocycles. The van der Waals surface area contributed by atoms with Crippen molar-refractivity contribution in [1.82, 2.24) is 5.32 Å². The Morgan fingerprint density at radius 2 is 1.68 bits per heavy atom. The Hall–Kier alpha value is -0.883. The maximum Gasteiger partial charge on any atom is 0.334 e. The minimum Gasteiger partial charge on any atom is -0.398 e. The van der Waals surface area contributed by atoms with Crippen LogP contribution in [0.25, 0.3) is 0 Å². The number of anilines is 1. The van der Waals surface area contributed by atoms with Crippen molar-refractivity contribution in [1.29, 1.82) is 0 Å². The van der Waals surface area contributed by atoms with Crippen molar-refractivity contribution >= 4 is 14.2 Å². The van der Waals surface area contributed by atoms with Gasteiger partial charge in [-0.3, -0.25) is 0 Å². The lowest BCUT2D eigenvalue weighted by Gasteiger charge is -2.22. The van der Waals surface area contributed by atoms with Crippen LogP contribution in [0.2, 0.25) is 12.6 Å². The zero-order chi connectivity index (χ0) is 14.0. The average molecular weight is 282 g/mol. The third-order valence-electron chi connectivity index (χ3n) is 3.25. The van der Waals surface area contributed by atoms with Crippen molar-refractivity contribution in [2.24, 2.45) is 0 Å². The van der Waals surface area contributed by atoms with E-state index in [2.05, 4.69) is 29.3 Å². The predicted molar refractivity (Wildman–Crippen MR) is 82.9 cm³/mol. The minimum atomic E-state index is -1.87. The fourth-order valence-corrected chi connectivity index (χ4v) is 3.19. The number of benzene rings is 1. The molecule has 19 heavy (non-hydrogen) atoms. The highest BCUT2D eigenvalue weighted by atomic mass is 28.4. The smallest absolute Gasteiger partial charge is 0.334 e. The molecule has 0 spiro atoms. The van der Waals surface area contributed by atoms with E-state index in [9.17, 15) is 0 Å². The predicted octanol–water partition coefficient (Wildman–Crippen LogP) is 2.44. The Kier molecular flexibility index (Phi) is 7.74. The fourth-order valence-electron chi connectivity index (χ4n) is 1.80. The second kappa shape index (κ2) is 9.09. The summed E-state index contributed by atoms with van der Waals surface area (Å²) >= 11 is 0. The molecule has 4 nitrogen and oxygen atoms in total. The van der Waals surface area contributed by atoms with Gasteiger partial charge in [-0.15, -0.1) is 0 Å². The van der Waals surface area contributed by atoms with E-state index in [4.69, 9.17) is 8.85 Å². The van der Waals surface area contributed by atoms with Gasteiger partial charge < -0.3 is 19.5 Å². The third-order valence-corrected chi connectivity index (χ3v) is 6.24.